The van der Waals surface area contributed by atoms with E-state index in [1.54, 1.807) is 31.3 Å². The Balaban J connectivity index is 1.61. The first kappa shape index (κ1) is 19.9. The molecular formula is C20H22N2O5S2. The van der Waals surface area contributed by atoms with Gasteiger partial charge < -0.3 is 4.90 Å². The van der Waals surface area contributed by atoms with Gasteiger partial charge in [-0.15, -0.1) is 0 Å². The van der Waals surface area contributed by atoms with E-state index in [1.165, 1.54) is 21.3 Å². The summed E-state index contributed by atoms with van der Waals surface area (Å²) in [5, 5.41) is 0. The van der Waals surface area contributed by atoms with Gasteiger partial charge in [-0.3, -0.25) is 9.10 Å². The molecule has 2 aliphatic heterocycles. The van der Waals surface area contributed by atoms with Crippen molar-refractivity contribution in [3.8, 4) is 0 Å². The molecule has 4 rings (SSSR count). The molecule has 1 amide bonds. The highest BCUT2D eigenvalue weighted by molar-refractivity contribution is 7.93. The van der Waals surface area contributed by atoms with Crippen molar-refractivity contribution >= 4 is 31.5 Å². The monoisotopic (exact) mass is 434 g/mol. The number of amides is 1. The second-order valence-electron chi connectivity index (χ2n) is 7.46. The van der Waals surface area contributed by atoms with Gasteiger partial charge in [0.15, 0.2) is 9.84 Å². The molecule has 1 atom stereocenters. The van der Waals surface area contributed by atoms with E-state index in [2.05, 4.69) is 0 Å². The molecule has 0 aliphatic carbocycles. The van der Waals surface area contributed by atoms with Crippen LogP contribution in [-0.4, -0.2) is 58.8 Å². The van der Waals surface area contributed by atoms with Crippen molar-refractivity contribution in [2.45, 2.75) is 23.8 Å². The predicted molar refractivity (Wildman–Crippen MR) is 110 cm³/mol. The standard InChI is InChI=1S/C20H22N2O5S2/c1-21(17-10-12-28(24,25)14-17)20(23)16-6-4-7-18(13-16)29(26,27)22-11-9-15-5-2-3-8-19(15)22/h2-8,13,17H,9-12,14H2,1H3/t17-/m1/s1. The first-order chi connectivity index (χ1) is 13.7. The molecule has 0 spiro atoms. The molecule has 2 heterocycles. The van der Waals surface area contributed by atoms with Gasteiger partial charge in [0.25, 0.3) is 15.9 Å². The van der Waals surface area contributed by atoms with Gasteiger partial charge in [-0.2, -0.15) is 0 Å². The number of sulfone groups is 1. The molecule has 9 heteroatoms. The van der Waals surface area contributed by atoms with E-state index in [-0.39, 0.29) is 27.9 Å². The van der Waals surface area contributed by atoms with Crippen LogP contribution < -0.4 is 4.31 Å². The van der Waals surface area contributed by atoms with Crippen LogP contribution in [0.25, 0.3) is 0 Å². The minimum Gasteiger partial charge on any atom is -0.338 e. The third-order valence-electron chi connectivity index (χ3n) is 5.59. The van der Waals surface area contributed by atoms with Gasteiger partial charge in [0.2, 0.25) is 0 Å². The molecule has 0 saturated carbocycles. The Bertz CT molecular complexity index is 1170. The number of rotatable bonds is 4. The van der Waals surface area contributed by atoms with Crippen LogP contribution in [0, 0.1) is 0 Å². The number of hydrogen-bond donors (Lipinski definition) is 0. The maximum atomic E-state index is 13.2. The van der Waals surface area contributed by atoms with Crippen LogP contribution in [0.2, 0.25) is 0 Å². The van der Waals surface area contributed by atoms with Crippen LogP contribution in [0.1, 0.15) is 22.3 Å². The lowest BCUT2D eigenvalue weighted by atomic mass is 10.1. The van der Waals surface area contributed by atoms with E-state index in [9.17, 15) is 21.6 Å². The topological polar surface area (TPSA) is 91.8 Å². The Labute approximate surface area is 170 Å². The lowest BCUT2D eigenvalue weighted by molar-refractivity contribution is 0.0747. The molecule has 1 saturated heterocycles. The molecule has 154 valence electrons. The molecule has 0 bridgehead atoms. The van der Waals surface area contributed by atoms with Gasteiger partial charge in [-0.1, -0.05) is 24.3 Å². The van der Waals surface area contributed by atoms with E-state index in [4.69, 9.17) is 0 Å². The van der Waals surface area contributed by atoms with Crippen LogP contribution in [0.15, 0.2) is 53.4 Å². The van der Waals surface area contributed by atoms with Gasteiger partial charge in [-0.25, -0.2) is 16.8 Å². The molecule has 29 heavy (non-hydrogen) atoms. The molecule has 0 N–H and O–H groups in total. The fraction of sp³-hybridized carbons (Fsp3) is 0.350. The molecule has 0 aromatic heterocycles. The maximum Gasteiger partial charge on any atom is 0.264 e. The lowest BCUT2D eigenvalue weighted by Crippen LogP contribution is -2.38. The number of para-hydroxylation sites is 1. The first-order valence-corrected chi connectivity index (χ1v) is 12.6. The van der Waals surface area contributed by atoms with Crippen LogP contribution in [0.3, 0.4) is 0 Å². The highest BCUT2D eigenvalue weighted by atomic mass is 32.2. The smallest absolute Gasteiger partial charge is 0.264 e. The number of anilines is 1. The Morgan fingerprint density at radius 2 is 1.90 bits per heavy atom. The molecular weight excluding hydrogens is 412 g/mol. The van der Waals surface area contributed by atoms with Crippen LogP contribution in [0.5, 0.6) is 0 Å². The molecule has 0 radical (unpaired) electrons. The van der Waals surface area contributed by atoms with Crippen molar-refractivity contribution in [1.82, 2.24) is 4.90 Å². The second-order valence-corrected chi connectivity index (χ2v) is 11.5. The normalized spacial score (nSPS) is 20.4. The summed E-state index contributed by atoms with van der Waals surface area (Å²) in [6.07, 6.45) is 1.04. The number of sulfonamides is 1. The highest BCUT2D eigenvalue weighted by Crippen LogP contribution is 2.33. The van der Waals surface area contributed by atoms with Crippen LogP contribution >= 0.6 is 0 Å². The Morgan fingerprint density at radius 3 is 2.62 bits per heavy atom. The van der Waals surface area contributed by atoms with Gasteiger partial charge in [-0.05, 0) is 42.7 Å². The summed E-state index contributed by atoms with van der Waals surface area (Å²) in [5.41, 5.74) is 1.87. The average Bonchev–Trinajstić information content (AvgIpc) is 3.30. The Hall–Kier alpha value is -2.39. The molecule has 1 fully saturated rings. The van der Waals surface area contributed by atoms with Crippen molar-refractivity contribution in [3.05, 3.63) is 59.7 Å². The van der Waals surface area contributed by atoms with Crippen molar-refractivity contribution < 1.29 is 21.6 Å². The minimum absolute atomic E-state index is 0.0486. The van der Waals surface area contributed by atoms with Crippen molar-refractivity contribution in [1.29, 1.82) is 0 Å². The van der Waals surface area contributed by atoms with E-state index < -0.39 is 25.9 Å². The summed E-state index contributed by atoms with van der Waals surface area (Å²) in [6, 6.07) is 12.9. The Morgan fingerprint density at radius 1 is 1.14 bits per heavy atom. The summed E-state index contributed by atoms with van der Waals surface area (Å²) in [5.74, 6) is -0.374. The van der Waals surface area contributed by atoms with Gasteiger partial charge in [0, 0.05) is 25.2 Å². The highest BCUT2D eigenvalue weighted by Gasteiger charge is 2.34. The largest absolute Gasteiger partial charge is 0.338 e. The fourth-order valence-corrected chi connectivity index (χ4v) is 7.25. The van der Waals surface area contributed by atoms with E-state index >= 15 is 0 Å². The summed E-state index contributed by atoms with van der Waals surface area (Å²) in [6.45, 7) is 0.361. The fourth-order valence-electron chi connectivity index (χ4n) is 3.92. The zero-order chi connectivity index (χ0) is 20.8. The summed E-state index contributed by atoms with van der Waals surface area (Å²) in [4.78, 5) is 14.3. The van der Waals surface area contributed by atoms with Crippen LogP contribution in [0.4, 0.5) is 5.69 Å². The van der Waals surface area contributed by atoms with Crippen molar-refractivity contribution in [2.75, 3.05) is 29.4 Å². The zero-order valence-electron chi connectivity index (χ0n) is 16.0. The summed E-state index contributed by atoms with van der Waals surface area (Å²) in [7, 11) is -5.37. The zero-order valence-corrected chi connectivity index (χ0v) is 17.6. The van der Waals surface area contributed by atoms with Crippen molar-refractivity contribution in [3.63, 3.8) is 0 Å². The number of fused-ring (bicyclic) bond motifs is 1. The number of hydrogen-bond acceptors (Lipinski definition) is 5. The molecule has 2 aliphatic rings. The Kier molecular flexibility index (Phi) is 4.90. The number of carbonyl (C=O) groups is 1. The third kappa shape index (κ3) is 3.64. The van der Waals surface area contributed by atoms with E-state index in [0.29, 0.717) is 25.1 Å². The number of nitrogens with zero attached hydrogens (tertiary/aromatic N) is 2. The predicted octanol–water partition coefficient (Wildman–Crippen LogP) is 1.70. The SMILES string of the molecule is CN(C(=O)c1cccc(S(=O)(=O)N2CCc3ccccc32)c1)[C@@H]1CCS(=O)(=O)C1. The van der Waals surface area contributed by atoms with Crippen LogP contribution in [-0.2, 0) is 26.3 Å². The van der Waals surface area contributed by atoms with Gasteiger partial charge in [0.1, 0.15) is 0 Å². The molecule has 2 aromatic carbocycles. The number of carbonyl (C=O) groups excluding carboxylic acids is 1. The quantitative estimate of drug-likeness (QED) is 0.730. The first-order valence-electron chi connectivity index (χ1n) is 9.37. The third-order valence-corrected chi connectivity index (χ3v) is 9.15. The van der Waals surface area contributed by atoms with E-state index in [0.717, 1.165) is 5.56 Å². The molecule has 2 aromatic rings. The van der Waals surface area contributed by atoms with Gasteiger partial charge >= 0.3 is 0 Å². The molecule has 7 nitrogen and oxygen atoms in total. The molecule has 0 unspecified atom stereocenters. The van der Waals surface area contributed by atoms with Gasteiger partial charge in [0.05, 0.1) is 22.1 Å². The summed E-state index contributed by atoms with van der Waals surface area (Å²) >= 11 is 0. The second kappa shape index (κ2) is 7.14. The average molecular weight is 435 g/mol. The minimum atomic E-state index is -3.80. The lowest BCUT2D eigenvalue weighted by Gasteiger charge is -2.24. The maximum absolute atomic E-state index is 13.2. The van der Waals surface area contributed by atoms with E-state index in [1.807, 2.05) is 12.1 Å². The summed E-state index contributed by atoms with van der Waals surface area (Å²) < 4.78 is 51.2. The number of benzene rings is 2. The van der Waals surface area contributed by atoms with Crippen molar-refractivity contribution in [2.24, 2.45) is 0 Å².